The molecule has 1 fully saturated rings. The largest absolute Gasteiger partial charge is 0.497 e. The minimum absolute atomic E-state index is 0.163. The molecule has 1 unspecified atom stereocenters. The predicted octanol–water partition coefficient (Wildman–Crippen LogP) is 3.19. The van der Waals surface area contributed by atoms with Gasteiger partial charge in [-0.3, -0.25) is 9.59 Å². The van der Waals surface area contributed by atoms with Crippen molar-refractivity contribution >= 4 is 27.5 Å². The molecule has 3 rings (SSSR count). The van der Waals surface area contributed by atoms with Crippen molar-refractivity contribution in [3.05, 3.63) is 48.0 Å². The van der Waals surface area contributed by atoms with E-state index >= 15 is 0 Å². The summed E-state index contributed by atoms with van der Waals surface area (Å²) >= 11 is 0. The van der Waals surface area contributed by atoms with Crippen LogP contribution in [0.15, 0.2) is 47.4 Å². The van der Waals surface area contributed by atoms with Gasteiger partial charge in [-0.05, 0) is 37.8 Å². The summed E-state index contributed by atoms with van der Waals surface area (Å²) in [6.07, 6.45) is 0.771. The summed E-state index contributed by atoms with van der Waals surface area (Å²) in [5.41, 5.74) is 1.48. The number of nitrogens with zero attached hydrogens (tertiary/aromatic N) is 1. The Kier molecular flexibility index (Phi) is 8.97. The number of amides is 2. The fourth-order valence-corrected chi connectivity index (χ4v) is 5.59. The highest BCUT2D eigenvalue weighted by molar-refractivity contribution is 7.89. The highest BCUT2D eigenvalue weighted by Gasteiger charge is 2.34. The van der Waals surface area contributed by atoms with Gasteiger partial charge in [0.2, 0.25) is 21.8 Å². The summed E-state index contributed by atoms with van der Waals surface area (Å²) in [6.45, 7) is 6.10. The summed E-state index contributed by atoms with van der Waals surface area (Å²) in [5.74, 6) is -0.0827. The molecule has 196 valence electrons. The second-order valence-corrected chi connectivity index (χ2v) is 11.3. The van der Waals surface area contributed by atoms with Gasteiger partial charge in [0.25, 0.3) is 0 Å². The summed E-state index contributed by atoms with van der Waals surface area (Å²) in [7, 11) is -0.562. The fraction of sp³-hybridized carbons (Fsp3) is 0.462. The molecule has 2 amide bonds. The fourth-order valence-electron chi connectivity index (χ4n) is 4.12. The Morgan fingerprint density at radius 1 is 0.972 bits per heavy atom. The van der Waals surface area contributed by atoms with Crippen LogP contribution < -0.4 is 20.1 Å². The van der Waals surface area contributed by atoms with E-state index < -0.39 is 16.1 Å². The van der Waals surface area contributed by atoms with Crippen LogP contribution in [0.25, 0.3) is 0 Å². The van der Waals surface area contributed by atoms with Crippen LogP contribution in [0.3, 0.4) is 0 Å². The van der Waals surface area contributed by atoms with Crippen LogP contribution in [0, 0.1) is 18.8 Å². The molecule has 0 aromatic heterocycles. The Morgan fingerprint density at radius 3 is 2.03 bits per heavy atom. The molecule has 0 bridgehead atoms. The molecule has 0 radical (unpaired) electrons. The summed E-state index contributed by atoms with van der Waals surface area (Å²) in [6, 6.07) is 11.0. The average molecular weight is 518 g/mol. The number of nitrogens with one attached hydrogen (secondary N) is 2. The summed E-state index contributed by atoms with van der Waals surface area (Å²) in [4.78, 5) is 26.3. The molecule has 2 N–H and O–H groups in total. The van der Waals surface area contributed by atoms with Crippen LogP contribution in [-0.4, -0.2) is 57.9 Å². The van der Waals surface area contributed by atoms with Crippen LogP contribution in [-0.2, 0) is 19.6 Å². The molecular weight excluding hydrogens is 482 g/mol. The van der Waals surface area contributed by atoms with Gasteiger partial charge < -0.3 is 20.1 Å². The number of benzene rings is 2. The SMILES string of the molecule is COc1cc(NC(=O)C(NC(=O)C2CCN(S(=O)(=O)c3ccc(C)cc3)CC2)C(C)C)cc(OC)c1. The van der Waals surface area contributed by atoms with Gasteiger partial charge >= 0.3 is 0 Å². The smallest absolute Gasteiger partial charge is 0.247 e. The average Bonchev–Trinajstić information content (AvgIpc) is 2.86. The molecule has 0 aliphatic carbocycles. The van der Waals surface area contributed by atoms with Crippen LogP contribution in [0.1, 0.15) is 32.3 Å². The first kappa shape index (κ1) is 27.5. The van der Waals surface area contributed by atoms with Gasteiger partial charge in [0.15, 0.2) is 0 Å². The number of carbonyl (C=O) groups excluding carboxylic acids is 2. The Bertz CT molecular complexity index is 1150. The van der Waals surface area contributed by atoms with E-state index in [1.807, 2.05) is 20.8 Å². The molecule has 36 heavy (non-hydrogen) atoms. The zero-order valence-electron chi connectivity index (χ0n) is 21.4. The quantitative estimate of drug-likeness (QED) is 0.528. The maximum Gasteiger partial charge on any atom is 0.247 e. The van der Waals surface area contributed by atoms with E-state index in [0.29, 0.717) is 30.0 Å². The Hall–Kier alpha value is -3.11. The third-order valence-corrected chi connectivity index (χ3v) is 8.26. The lowest BCUT2D eigenvalue weighted by Gasteiger charge is -2.32. The first-order chi connectivity index (χ1) is 17.0. The molecule has 0 saturated carbocycles. The normalized spacial score (nSPS) is 15.8. The lowest BCUT2D eigenvalue weighted by molar-refractivity contribution is -0.130. The number of hydrogen-bond acceptors (Lipinski definition) is 6. The second kappa shape index (κ2) is 11.7. The topological polar surface area (TPSA) is 114 Å². The summed E-state index contributed by atoms with van der Waals surface area (Å²) in [5, 5.41) is 5.70. The molecule has 1 saturated heterocycles. The van der Waals surface area contributed by atoms with E-state index in [2.05, 4.69) is 10.6 Å². The third-order valence-electron chi connectivity index (χ3n) is 6.35. The van der Waals surface area contributed by atoms with Crippen LogP contribution in [0.4, 0.5) is 5.69 Å². The number of anilines is 1. The molecule has 9 nitrogen and oxygen atoms in total. The van der Waals surface area contributed by atoms with E-state index in [4.69, 9.17) is 9.47 Å². The Balaban J connectivity index is 1.62. The first-order valence-corrected chi connectivity index (χ1v) is 13.4. The monoisotopic (exact) mass is 517 g/mol. The van der Waals surface area contributed by atoms with Crippen molar-refractivity contribution in [1.29, 1.82) is 0 Å². The van der Waals surface area contributed by atoms with Gasteiger partial charge in [0, 0.05) is 42.9 Å². The molecule has 0 spiro atoms. The van der Waals surface area contributed by atoms with Gasteiger partial charge in [-0.15, -0.1) is 0 Å². The highest BCUT2D eigenvalue weighted by Crippen LogP contribution is 2.27. The van der Waals surface area contributed by atoms with Crippen molar-refractivity contribution in [1.82, 2.24) is 9.62 Å². The van der Waals surface area contributed by atoms with Crippen LogP contribution >= 0.6 is 0 Å². The number of ether oxygens (including phenoxy) is 2. The lowest BCUT2D eigenvalue weighted by atomic mass is 9.95. The zero-order chi connectivity index (χ0) is 26.5. The van der Waals surface area contributed by atoms with E-state index in [9.17, 15) is 18.0 Å². The molecule has 1 atom stereocenters. The number of piperidine rings is 1. The maximum atomic E-state index is 13.0. The number of sulfonamides is 1. The summed E-state index contributed by atoms with van der Waals surface area (Å²) < 4.78 is 37.8. The van der Waals surface area contributed by atoms with Crippen molar-refractivity contribution in [3.63, 3.8) is 0 Å². The zero-order valence-corrected chi connectivity index (χ0v) is 22.2. The van der Waals surface area contributed by atoms with E-state index in [1.165, 1.54) is 18.5 Å². The molecule has 1 aliphatic rings. The maximum absolute atomic E-state index is 13.0. The number of aryl methyl sites for hydroxylation is 1. The van der Waals surface area contributed by atoms with E-state index in [-0.39, 0.29) is 41.6 Å². The molecular formula is C26H35N3O6S. The van der Waals surface area contributed by atoms with Crippen molar-refractivity contribution in [3.8, 4) is 11.5 Å². The van der Waals surface area contributed by atoms with Crippen molar-refractivity contribution < 1.29 is 27.5 Å². The second-order valence-electron chi connectivity index (χ2n) is 9.31. The minimum atomic E-state index is -3.61. The molecule has 10 heteroatoms. The van der Waals surface area contributed by atoms with Crippen molar-refractivity contribution in [2.75, 3.05) is 32.6 Å². The Labute approximate surface area is 213 Å². The van der Waals surface area contributed by atoms with Gasteiger partial charge in [-0.2, -0.15) is 4.31 Å². The lowest BCUT2D eigenvalue weighted by Crippen LogP contribution is -2.50. The van der Waals surface area contributed by atoms with Crippen molar-refractivity contribution in [2.24, 2.45) is 11.8 Å². The van der Waals surface area contributed by atoms with Crippen LogP contribution in [0.2, 0.25) is 0 Å². The van der Waals surface area contributed by atoms with Gasteiger partial charge in [-0.1, -0.05) is 31.5 Å². The van der Waals surface area contributed by atoms with Gasteiger partial charge in [-0.25, -0.2) is 8.42 Å². The van der Waals surface area contributed by atoms with Gasteiger partial charge in [0.05, 0.1) is 19.1 Å². The number of hydrogen-bond donors (Lipinski definition) is 2. The molecule has 1 heterocycles. The van der Waals surface area contributed by atoms with E-state index in [1.54, 1.807) is 42.5 Å². The van der Waals surface area contributed by atoms with Crippen LogP contribution in [0.5, 0.6) is 11.5 Å². The molecule has 1 aliphatic heterocycles. The number of rotatable bonds is 9. The Morgan fingerprint density at radius 2 is 1.53 bits per heavy atom. The number of methoxy groups -OCH3 is 2. The van der Waals surface area contributed by atoms with Gasteiger partial charge in [0.1, 0.15) is 17.5 Å². The number of carbonyl (C=O) groups is 2. The van der Waals surface area contributed by atoms with E-state index in [0.717, 1.165) is 5.56 Å². The first-order valence-electron chi connectivity index (χ1n) is 12.0. The minimum Gasteiger partial charge on any atom is -0.497 e. The predicted molar refractivity (Wildman–Crippen MR) is 138 cm³/mol. The molecule has 2 aromatic rings. The third kappa shape index (κ3) is 6.55. The highest BCUT2D eigenvalue weighted by atomic mass is 32.2. The van der Waals surface area contributed by atoms with Crippen molar-refractivity contribution in [2.45, 2.75) is 44.6 Å². The standard InChI is InChI=1S/C26H35N3O6S/c1-17(2)24(26(31)27-20-14-21(34-4)16-22(15-20)35-5)28-25(30)19-10-12-29(13-11-19)36(32,33)23-8-6-18(3)7-9-23/h6-9,14-17,19,24H,10-13H2,1-5H3,(H,27,31)(H,28,30). The molecule has 2 aromatic carbocycles.